The molecule has 0 radical (unpaired) electrons. The monoisotopic (exact) mass is 242 g/mol. The molecule has 1 aliphatic rings. The minimum atomic E-state index is -0.493. The maximum Gasteiger partial charge on any atom is 0.320 e. The van der Waals surface area contributed by atoms with Gasteiger partial charge in [0.1, 0.15) is 0 Å². The molecule has 0 N–H and O–H groups in total. The van der Waals surface area contributed by atoms with Crippen LogP contribution >= 0.6 is 0 Å². The van der Waals surface area contributed by atoms with E-state index in [1.165, 1.54) is 0 Å². The highest BCUT2D eigenvalue weighted by Crippen LogP contribution is 2.41. The molecule has 98 valence electrons. The molecule has 3 unspecified atom stereocenters. The molecule has 0 spiro atoms. The number of cyclic esters (lactones) is 2. The smallest absolute Gasteiger partial charge is 0.320 e. The van der Waals surface area contributed by atoms with E-state index < -0.39 is 23.8 Å². The lowest BCUT2D eigenvalue weighted by atomic mass is 9.71. The maximum absolute atomic E-state index is 11.8. The quantitative estimate of drug-likeness (QED) is 0.561. The Kier molecular flexibility index (Phi) is 3.97. The van der Waals surface area contributed by atoms with Crippen molar-refractivity contribution in [2.24, 2.45) is 23.2 Å². The zero-order chi connectivity index (χ0) is 13.4. The lowest BCUT2D eigenvalue weighted by Gasteiger charge is -2.32. The first kappa shape index (κ1) is 14.2. The summed E-state index contributed by atoms with van der Waals surface area (Å²) in [6.45, 7) is 9.78. The number of ether oxygens (including phenoxy) is 2. The summed E-state index contributed by atoms with van der Waals surface area (Å²) in [5, 5.41) is 0. The van der Waals surface area contributed by atoms with Crippen LogP contribution in [0.4, 0.5) is 0 Å². The fourth-order valence-electron chi connectivity index (χ4n) is 2.56. The van der Waals surface area contributed by atoms with Gasteiger partial charge in [-0.15, -0.1) is 0 Å². The van der Waals surface area contributed by atoms with Gasteiger partial charge in [0.15, 0.2) is 0 Å². The van der Waals surface area contributed by atoms with Gasteiger partial charge < -0.3 is 9.47 Å². The van der Waals surface area contributed by atoms with Crippen molar-refractivity contribution < 1.29 is 19.1 Å². The van der Waals surface area contributed by atoms with E-state index in [0.29, 0.717) is 0 Å². The fraction of sp³-hybridized carbons (Fsp3) is 0.846. The summed E-state index contributed by atoms with van der Waals surface area (Å²) in [7, 11) is 1.57. The number of carbonyl (C=O) groups excluding carboxylic acids is 2. The molecule has 0 aromatic carbocycles. The van der Waals surface area contributed by atoms with E-state index in [4.69, 9.17) is 9.47 Å². The molecular formula is C13H22O4. The van der Waals surface area contributed by atoms with E-state index in [1.54, 1.807) is 7.11 Å². The van der Waals surface area contributed by atoms with Crippen molar-refractivity contribution in [2.45, 2.75) is 40.7 Å². The van der Waals surface area contributed by atoms with Gasteiger partial charge >= 0.3 is 11.9 Å². The van der Waals surface area contributed by atoms with Crippen LogP contribution in [-0.4, -0.2) is 25.2 Å². The van der Waals surface area contributed by atoms with Crippen LogP contribution in [0.3, 0.4) is 0 Å². The van der Waals surface area contributed by atoms with Crippen molar-refractivity contribution in [3.8, 4) is 0 Å². The van der Waals surface area contributed by atoms with Crippen molar-refractivity contribution >= 4 is 11.9 Å². The minimum Gasteiger partial charge on any atom is -0.393 e. The zero-order valence-corrected chi connectivity index (χ0v) is 11.4. The molecule has 1 heterocycles. The summed E-state index contributed by atoms with van der Waals surface area (Å²) in [5.41, 5.74) is -0.306. The fourth-order valence-corrected chi connectivity index (χ4v) is 2.56. The Morgan fingerprint density at radius 2 is 1.71 bits per heavy atom. The predicted molar refractivity (Wildman–Crippen MR) is 63.2 cm³/mol. The molecule has 4 nitrogen and oxygen atoms in total. The summed E-state index contributed by atoms with van der Waals surface area (Å²) < 4.78 is 10.2. The molecule has 17 heavy (non-hydrogen) atoms. The predicted octanol–water partition coefficient (Wildman–Crippen LogP) is 2.02. The molecule has 1 aliphatic heterocycles. The topological polar surface area (TPSA) is 52.6 Å². The molecule has 1 fully saturated rings. The van der Waals surface area contributed by atoms with Gasteiger partial charge in [-0.1, -0.05) is 34.6 Å². The zero-order valence-electron chi connectivity index (χ0n) is 11.4. The molecule has 0 amide bonds. The summed E-state index contributed by atoms with van der Waals surface area (Å²) in [4.78, 5) is 23.6. The molecule has 0 bridgehead atoms. The van der Waals surface area contributed by atoms with E-state index >= 15 is 0 Å². The first-order valence-corrected chi connectivity index (χ1v) is 5.98. The first-order chi connectivity index (χ1) is 7.70. The van der Waals surface area contributed by atoms with E-state index in [2.05, 4.69) is 0 Å². The molecule has 1 saturated heterocycles. The highest BCUT2D eigenvalue weighted by molar-refractivity contribution is 5.97. The average molecular weight is 242 g/mol. The lowest BCUT2D eigenvalue weighted by Crippen LogP contribution is -2.41. The largest absolute Gasteiger partial charge is 0.393 e. The lowest BCUT2D eigenvalue weighted by molar-refractivity contribution is -0.155. The van der Waals surface area contributed by atoms with Crippen molar-refractivity contribution in [1.82, 2.24) is 0 Å². The van der Waals surface area contributed by atoms with Gasteiger partial charge in [0, 0.05) is 7.11 Å². The third-order valence-electron chi connectivity index (χ3n) is 3.30. The minimum absolute atomic E-state index is 0.160. The van der Waals surface area contributed by atoms with Gasteiger partial charge in [0.2, 0.25) is 0 Å². The Morgan fingerprint density at radius 3 is 2.06 bits per heavy atom. The molecule has 3 atom stereocenters. The van der Waals surface area contributed by atoms with Crippen LogP contribution in [0.1, 0.15) is 34.6 Å². The first-order valence-electron chi connectivity index (χ1n) is 5.98. The number of hydrogen-bond donors (Lipinski definition) is 0. The van der Waals surface area contributed by atoms with Gasteiger partial charge in [-0.3, -0.25) is 9.59 Å². The number of hydrogen-bond acceptors (Lipinski definition) is 4. The number of methoxy groups -OCH3 is 1. The highest BCUT2D eigenvalue weighted by Gasteiger charge is 2.54. The molecular weight excluding hydrogens is 220 g/mol. The second-order valence-electron chi connectivity index (χ2n) is 6.05. The van der Waals surface area contributed by atoms with Crippen LogP contribution in [0.25, 0.3) is 0 Å². The van der Waals surface area contributed by atoms with E-state index in [1.807, 2.05) is 34.6 Å². The van der Waals surface area contributed by atoms with Crippen molar-refractivity contribution in [3.63, 3.8) is 0 Å². The average Bonchev–Trinajstić information content (AvgIpc) is 2.41. The van der Waals surface area contributed by atoms with Crippen LogP contribution in [0, 0.1) is 23.2 Å². The standard InChI is InChI=1S/C13H22O4/c1-7(2)10(16-6)8-9(13(3,4)5)12(15)17-11(8)14/h7-10H,1-6H3. The Balaban J connectivity index is 3.09. The summed E-state index contributed by atoms with van der Waals surface area (Å²) in [5.74, 6) is -1.63. The number of esters is 2. The second kappa shape index (κ2) is 4.77. The van der Waals surface area contributed by atoms with Gasteiger partial charge in [-0.05, 0) is 11.3 Å². The van der Waals surface area contributed by atoms with Gasteiger partial charge in [0.05, 0.1) is 17.9 Å². The third kappa shape index (κ3) is 2.68. The normalized spacial score (nSPS) is 27.5. The molecule has 0 saturated carbocycles. The summed E-state index contributed by atoms with van der Waals surface area (Å²) in [6, 6.07) is 0. The molecule has 0 aliphatic carbocycles. The van der Waals surface area contributed by atoms with Crippen molar-refractivity contribution in [3.05, 3.63) is 0 Å². The Labute approximate surface area is 103 Å². The molecule has 1 rings (SSSR count). The summed E-state index contributed by atoms with van der Waals surface area (Å²) in [6.07, 6.45) is -0.279. The molecule has 4 heteroatoms. The van der Waals surface area contributed by atoms with Crippen molar-refractivity contribution in [2.75, 3.05) is 7.11 Å². The van der Waals surface area contributed by atoms with Crippen LogP contribution in [0.5, 0.6) is 0 Å². The van der Waals surface area contributed by atoms with Crippen LogP contribution in [0.2, 0.25) is 0 Å². The van der Waals surface area contributed by atoms with E-state index in [0.717, 1.165) is 0 Å². The van der Waals surface area contributed by atoms with Gasteiger partial charge in [-0.25, -0.2) is 0 Å². The van der Waals surface area contributed by atoms with Crippen LogP contribution < -0.4 is 0 Å². The maximum atomic E-state index is 11.8. The van der Waals surface area contributed by atoms with Crippen LogP contribution in [0.15, 0.2) is 0 Å². The Bertz CT molecular complexity index is 314. The van der Waals surface area contributed by atoms with Crippen LogP contribution in [-0.2, 0) is 19.1 Å². The number of carbonyl (C=O) groups is 2. The second-order valence-corrected chi connectivity index (χ2v) is 6.05. The Hall–Kier alpha value is -0.900. The van der Waals surface area contributed by atoms with Gasteiger partial charge in [-0.2, -0.15) is 0 Å². The molecule has 0 aromatic rings. The van der Waals surface area contributed by atoms with E-state index in [-0.39, 0.29) is 17.4 Å². The molecule has 0 aromatic heterocycles. The van der Waals surface area contributed by atoms with E-state index in [9.17, 15) is 9.59 Å². The number of rotatable bonds is 3. The Morgan fingerprint density at radius 1 is 1.18 bits per heavy atom. The SMILES string of the molecule is COC(C(C)C)C1C(=O)OC(=O)C1C(C)(C)C. The van der Waals surface area contributed by atoms with Gasteiger partial charge in [0.25, 0.3) is 0 Å². The highest BCUT2D eigenvalue weighted by atomic mass is 16.6. The third-order valence-corrected chi connectivity index (χ3v) is 3.30. The van der Waals surface area contributed by atoms with Crippen molar-refractivity contribution in [1.29, 1.82) is 0 Å². The summed E-state index contributed by atoms with van der Waals surface area (Å²) >= 11 is 0.